The van der Waals surface area contributed by atoms with Crippen molar-refractivity contribution < 1.29 is 0 Å². The first-order chi connectivity index (χ1) is 12.8. The molecule has 0 fully saturated rings. The first-order valence-corrected chi connectivity index (χ1v) is 8.93. The number of para-hydroxylation sites is 1. The van der Waals surface area contributed by atoms with E-state index in [1.807, 2.05) is 71.3 Å². The summed E-state index contributed by atoms with van der Waals surface area (Å²) in [4.78, 5) is 11.2. The van der Waals surface area contributed by atoms with E-state index in [4.69, 9.17) is 0 Å². The second-order valence-corrected chi connectivity index (χ2v) is 6.61. The van der Waals surface area contributed by atoms with E-state index in [0.717, 1.165) is 28.5 Å². The van der Waals surface area contributed by atoms with Crippen molar-refractivity contribution in [3.05, 3.63) is 84.2 Å². The van der Waals surface area contributed by atoms with Gasteiger partial charge in [-0.15, -0.1) is 0 Å². The van der Waals surface area contributed by atoms with Gasteiger partial charge >= 0.3 is 0 Å². The third-order valence-corrected chi connectivity index (χ3v) is 3.93. The van der Waals surface area contributed by atoms with Crippen LogP contribution in [-0.4, -0.2) is 25.6 Å². The molecule has 0 saturated carbocycles. The Kier molecular flexibility index (Phi) is 7.12. The molecule has 0 bridgehead atoms. The number of aliphatic imine (C=N–C) groups is 2. The number of benzene rings is 2. The molecule has 0 radical (unpaired) electrons. The van der Waals surface area contributed by atoms with Crippen LogP contribution in [0.5, 0.6) is 0 Å². The number of rotatable bonds is 6. The molecule has 2 rings (SSSR count). The minimum Gasteiger partial charge on any atom is -0.378 e. The molecule has 0 unspecified atom stereocenters. The fraction of sp³-hybridized carbons (Fsp3) is 0.217. The molecule has 2 aromatic carbocycles. The van der Waals surface area contributed by atoms with E-state index in [1.165, 1.54) is 5.69 Å². The first-order valence-electron chi connectivity index (χ1n) is 8.93. The molecule has 140 valence electrons. The predicted molar refractivity (Wildman–Crippen MR) is 118 cm³/mol. The van der Waals surface area contributed by atoms with E-state index < -0.39 is 0 Å². The van der Waals surface area contributed by atoms with Crippen LogP contribution in [0.3, 0.4) is 0 Å². The number of hydrogen-bond acceptors (Lipinski definition) is 3. The van der Waals surface area contributed by atoms with Crippen LogP contribution in [0.25, 0.3) is 0 Å². The van der Waals surface area contributed by atoms with Gasteiger partial charge in [0.2, 0.25) is 0 Å². The van der Waals surface area contributed by atoms with Gasteiger partial charge < -0.3 is 10.2 Å². The van der Waals surface area contributed by atoms with Crippen LogP contribution in [0.2, 0.25) is 0 Å². The van der Waals surface area contributed by atoms with E-state index in [1.54, 1.807) is 0 Å². The molecule has 1 N–H and O–H groups in total. The van der Waals surface area contributed by atoms with Crippen molar-refractivity contribution in [2.24, 2.45) is 9.98 Å². The van der Waals surface area contributed by atoms with Gasteiger partial charge in [0, 0.05) is 31.2 Å². The summed E-state index contributed by atoms with van der Waals surface area (Å²) in [5.74, 6) is 0.822. The molecule has 0 amide bonds. The lowest BCUT2D eigenvalue weighted by molar-refractivity contribution is 1.09. The van der Waals surface area contributed by atoms with E-state index in [0.29, 0.717) is 5.70 Å². The van der Waals surface area contributed by atoms with Crippen molar-refractivity contribution >= 4 is 22.9 Å². The second-order valence-electron chi connectivity index (χ2n) is 6.61. The number of nitrogens with one attached hydrogen (secondary N) is 1. The Morgan fingerprint density at radius 1 is 0.963 bits per heavy atom. The quantitative estimate of drug-likeness (QED) is 0.430. The fourth-order valence-electron chi connectivity index (χ4n) is 2.61. The summed E-state index contributed by atoms with van der Waals surface area (Å²) in [6.07, 6.45) is 1.92. The topological polar surface area (TPSA) is 40.0 Å². The van der Waals surface area contributed by atoms with Crippen molar-refractivity contribution in [2.75, 3.05) is 19.0 Å². The number of anilines is 1. The largest absolute Gasteiger partial charge is 0.378 e. The molecule has 0 aromatic heterocycles. The normalized spacial score (nSPS) is 12.7. The molecule has 0 aliphatic carbocycles. The summed E-state index contributed by atoms with van der Waals surface area (Å²) < 4.78 is 0. The maximum absolute atomic E-state index is 4.61. The molecule has 2 aromatic rings. The van der Waals surface area contributed by atoms with Gasteiger partial charge in [-0.25, -0.2) is 4.99 Å². The average Bonchev–Trinajstić information content (AvgIpc) is 2.62. The Balaban J connectivity index is 2.03. The number of nitrogens with zero attached hydrogens (tertiary/aromatic N) is 3. The third kappa shape index (κ3) is 6.59. The highest BCUT2D eigenvalue weighted by molar-refractivity contribution is 5.99. The van der Waals surface area contributed by atoms with E-state index in [2.05, 4.69) is 51.0 Å². The minimum atomic E-state index is 0.696. The lowest BCUT2D eigenvalue weighted by Gasteiger charge is -2.12. The van der Waals surface area contributed by atoms with E-state index in [-0.39, 0.29) is 0 Å². The summed E-state index contributed by atoms with van der Waals surface area (Å²) in [5, 5.41) is 3.27. The molecule has 0 atom stereocenters. The third-order valence-electron chi connectivity index (χ3n) is 3.93. The first kappa shape index (κ1) is 20.2. The van der Waals surface area contributed by atoms with Gasteiger partial charge in [0.05, 0.1) is 11.4 Å². The highest BCUT2D eigenvalue weighted by Crippen LogP contribution is 2.14. The summed E-state index contributed by atoms with van der Waals surface area (Å²) in [6, 6.07) is 18.2. The molecule has 0 saturated heterocycles. The van der Waals surface area contributed by atoms with Gasteiger partial charge in [0.15, 0.2) is 0 Å². The lowest BCUT2D eigenvalue weighted by atomic mass is 10.1. The summed E-state index contributed by atoms with van der Waals surface area (Å²) in [5.41, 5.74) is 5.74. The molecule has 0 aliphatic rings. The van der Waals surface area contributed by atoms with Gasteiger partial charge in [0.25, 0.3) is 0 Å². The summed E-state index contributed by atoms with van der Waals surface area (Å²) in [7, 11) is 4.06. The standard InChI is InChI=1S/C23H28N4/c1-17(24-19(3)21-12-14-23(15-13-21)27(5)6)16-18(2)25-20(4)26-22-10-8-7-9-11-22/h7-16H,1H2,2-6H3,(H,25,26)/b18-16+,24-19?. The van der Waals surface area contributed by atoms with Crippen LogP contribution in [-0.2, 0) is 0 Å². The zero-order chi connectivity index (χ0) is 19.8. The number of amidine groups is 1. The van der Waals surface area contributed by atoms with Gasteiger partial charge in [-0.1, -0.05) is 36.9 Å². The number of allylic oxidation sites excluding steroid dienone is 2. The molecule has 0 heterocycles. The second kappa shape index (κ2) is 9.53. The smallest absolute Gasteiger partial charge is 0.103 e. The van der Waals surface area contributed by atoms with Gasteiger partial charge in [-0.2, -0.15) is 0 Å². The monoisotopic (exact) mass is 360 g/mol. The Bertz CT molecular complexity index is 857. The molecular weight excluding hydrogens is 332 g/mol. The summed E-state index contributed by atoms with van der Waals surface area (Å²) in [6.45, 7) is 9.96. The highest BCUT2D eigenvalue weighted by atomic mass is 15.1. The van der Waals surface area contributed by atoms with Crippen LogP contribution < -0.4 is 10.2 Å². The Hall–Kier alpha value is -3.14. The van der Waals surface area contributed by atoms with Crippen LogP contribution in [0.4, 0.5) is 11.4 Å². The zero-order valence-corrected chi connectivity index (χ0v) is 16.8. The van der Waals surface area contributed by atoms with E-state index in [9.17, 15) is 0 Å². The Labute approximate surface area is 162 Å². The highest BCUT2D eigenvalue weighted by Gasteiger charge is 2.00. The average molecular weight is 361 g/mol. The van der Waals surface area contributed by atoms with Crippen molar-refractivity contribution in [1.29, 1.82) is 0 Å². The molecule has 0 aliphatic heterocycles. The summed E-state index contributed by atoms with van der Waals surface area (Å²) >= 11 is 0. The Morgan fingerprint density at radius 3 is 2.19 bits per heavy atom. The number of hydrogen-bond donors (Lipinski definition) is 1. The lowest BCUT2D eigenvalue weighted by Crippen LogP contribution is -2.17. The SMILES string of the molecule is C=C(/C=C(\C)NC(C)=Nc1ccccc1)N=C(C)c1ccc(N(C)C)cc1. The molecule has 27 heavy (non-hydrogen) atoms. The van der Waals surface area contributed by atoms with Crippen LogP contribution in [0, 0.1) is 0 Å². The van der Waals surface area contributed by atoms with Gasteiger partial charge in [-0.05, 0) is 56.7 Å². The maximum atomic E-state index is 4.61. The van der Waals surface area contributed by atoms with Crippen LogP contribution in [0.1, 0.15) is 26.3 Å². The molecule has 0 spiro atoms. The molecule has 4 heteroatoms. The van der Waals surface area contributed by atoms with E-state index >= 15 is 0 Å². The van der Waals surface area contributed by atoms with Gasteiger partial charge in [-0.3, -0.25) is 4.99 Å². The van der Waals surface area contributed by atoms with Crippen molar-refractivity contribution in [1.82, 2.24) is 5.32 Å². The van der Waals surface area contributed by atoms with Gasteiger partial charge in [0.1, 0.15) is 5.84 Å². The minimum absolute atomic E-state index is 0.696. The van der Waals surface area contributed by atoms with Crippen LogP contribution in [0.15, 0.2) is 88.6 Å². The van der Waals surface area contributed by atoms with Crippen molar-refractivity contribution in [3.8, 4) is 0 Å². The maximum Gasteiger partial charge on any atom is 0.103 e. The van der Waals surface area contributed by atoms with Crippen molar-refractivity contribution in [3.63, 3.8) is 0 Å². The Morgan fingerprint density at radius 2 is 1.59 bits per heavy atom. The van der Waals surface area contributed by atoms with Crippen molar-refractivity contribution in [2.45, 2.75) is 20.8 Å². The molecule has 4 nitrogen and oxygen atoms in total. The zero-order valence-electron chi connectivity index (χ0n) is 16.8. The predicted octanol–water partition coefficient (Wildman–Crippen LogP) is 5.32. The fourth-order valence-corrected chi connectivity index (χ4v) is 2.61. The van der Waals surface area contributed by atoms with Crippen LogP contribution >= 0.6 is 0 Å². The molecular formula is C23H28N4.